The second-order valence-electron chi connectivity index (χ2n) is 5.84. The van der Waals surface area contributed by atoms with Crippen molar-refractivity contribution >= 4 is 5.78 Å². The Hall–Kier alpha value is -2.09. The van der Waals surface area contributed by atoms with Gasteiger partial charge in [-0.3, -0.25) is 4.79 Å². The first-order chi connectivity index (χ1) is 10.1. The van der Waals surface area contributed by atoms with Crippen LogP contribution in [0.5, 0.6) is 5.75 Å². The lowest BCUT2D eigenvalue weighted by Gasteiger charge is -2.18. The molecule has 0 radical (unpaired) electrons. The van der Waals surface area contributed by atoms with Crippen LogP contribution >= 0.6 is 0 Å². The van der Waals surface area contributed by atoms with Crippen LogP contribution in [-0.4, -0.2) is 5.78 Å². The van der Waals surface area contributed by atoms with Gasteiger partial charge < -0.3 is 4.74 Å². The molecule has 0 atom stereocenters. The largest absolute Gasteiger partial charge is 0.489 e. The van der Waals surface area contributed by atoms with Gasteiger partial charge in [0, 0.05) is 17.5 Å². The Bertz CT molecular complexity index is 666. The van der Waals surface area contributed by atoms with Crippen molar-refractivity contribution in [3.63, 3.8) is 0 Å². The third-order valence-electron chi connectivity index (χ3n) is 3.94. The van der Waals surface area contributed by atoms with E-state index < -0.39 is 0 Å². The predicted octanol–water partition coefficient (Wildman–Crippen LogP) is 4.40. The van der Waals surface area contributed by atoms with Gasteiger partial charge in [0.2, 0.25) is 0 Å². The number of aryl methyl sites for hydroxylation is 2. The van der Waals surface area contributed by atoms with Gasteiger partial charge in [0.25, 0.3) is 0 Å². The highest BCUT2D eigenvalue weighted by molar-refractivity contribution is 5.99. The van der Waals surface area contributed by atoms with E-state index in [4.69, 9.17) is 4.74 Å². The zero-order chi connectivity index (χ0) is 14.8. The van der Waals surface area contributed by atoms with Crippen LogP contribution in [0.3, 0.4) is 0 Å². The summed E-state index contributed by atoms with van der Waals surface area (Å²) in [4.78, 5) is 11.9. The zero-order valence-electron chi connectivity index (χ0n) is 12.6. The van der Waals surface area contributed by atoms with E-state index in [9.17, 15) is 4.79 Å². The lowest BCUT2D eigenvalue weighted by Crippen LogP contribution is -2.12. The van der Waals surface area contributed by atoms with Gasteiger partial charge in [-0.15, -0.1) is 0 Å². The Kier molecular flexibility index (Phi) is 3.78. The van der Waals surface area contributed by atoms with E-state index in [0.717, 1.165) is 29.7 Å². The number of benzene rings is 2. The van der Waals surface area contributed by atoms with E-state index in [0.29, 0.717) is 13.0 Å². The Morgan fingerprint density at radius 2 is 1.81 bits per heavy atom. The Labute approximate surface area is 125 Å². The van der Waals surface area contributed by atoms with Crippen LogP contribution in [0.25, 0.3) is 0 Å². The topological polar surface area (TPSA) is 26.3 Å². The molecule has 2 nitrogen and oxygen atoms in total. The van der Waals surface area contributed by atoms with Crippen molar-refractivity contribution in [1.82, 2.24) is 0 Å². The number of hydrogen-bond donors (Lipinski definition) is 0. The molecular formula is C19H20O2. The quantitative estimate of drug-likeness (QED) is 0.833. The van der Waals surface area contributed by atoms with Gasteiger partial charge in [0.15, 0.2) is 5.78 Å². The molecule has 21 heavy (non-hydrogen) atoms. The summed E-state index contributed by atoms with van der Waals surface area (Å²) in [5.74, 6) is 1.10. The highest BCUT2D eigenvalue weighted by atomic mass is 16.5. The van der Waals surface area contributed by atoms with Crippen molar-refractivity contribution in [3.05, 3.63) is 64.2 Å². The molecule has 0 unspecified atom stereocenters. The van der Waals surface area contributed by atoms with E-state index in [-0.39, 0.29) is 5.78 Å². The number of rotatable bonds is 3. The molecular weight excluding hydrogens is 260 g/mol. The first-order valence-corrected chi connectivity index (χ1v) is 7.48. The molecule has 3 rings (SSSR count). The van der Waals surface area contributed by atoms with E-state index in [2.05, 4.69) is 32.0 Å². The van der Waals surface area contributed by atoms with Gasteiger partial charge in [-0.2, -0.15) is 0 Å². The van der Waals surface area contributed by atoms with Crippen molar-refractivity contribution in [2.24, 2.45) is 0 Å². The average molecular weight is 280 g/mol. The molecule has 0 amide bonds. The van der Waals surface area contributed by atoms with Crippen LogP contribution in [0, 0.1) is 13.8 Å². The van der Waals surface area contributed by atoms with Gasteiger partial charge in [0.05, 0.1) is 0 Å². The molecule has 0 spiro atoms. The second-order valence-corrected chi connectivity index (χ2v) is 5.84. The summed E-state index contributed by atoms with van der Waals surface area (Å²) in [6, 6.07) is 12.3. The van der Waals surface area contributed by atoms with Gasteiger partial charge in [-0.25, -0.2) is 0 Å². The summed E-state index contributed by atoms with van der Waals surface area (Å²) >= 11 is 0. The lowest BCUT2D eigenvalue weighted by atomic mass is 9.90. The third-order valence-corrected chi connectivity index (χ3v) is 3.94. The third kappa shape index (κ3) is 2.99. The molecule has 0 saturated heterocycles. The maximum absolute atomic E-state index is 11.9. The fourth-order valence-corrected chi connectivity index (χ4v) is 3.09. The molecule has 0 fully saturated rings. The molecule has 0 heterocycles. The van der Waals surface area contributed by atoms with Crippen LogP contribution in [0.4, 0.5) is 0 Å². The molecule has 0 bridgehead atoms. The number of ether oxygens (including phenoxy) is 1. The highest BCUT2D eigenvalue weighted by Crippen LogP contribution is 2.30. The number of ketones is 1. The standard InChI is InChI=1S/C19H20O2/c1-13-9-14(2)11-15(10-13)12-21-19-8-4-5-16-17(19)6-3-7-18(16)20/h4-5,8-11H,3,6-7,12H2,1-2H3. The van der Waals surface area contributed by atoms with E-state index in [1.54, 1.807) is 0 Å². The smallest absolute Gasteiger partial charge is 0.163 e. The summed E-state index contributed by atoms with van der Waals surface area (Å²) in [6.45, 7) is 4.74. The van der Waals surface area contributed by atoms with Crippen LogP contribution < -0.4 is 4.74 Å². The van der Waals surface area contributed by atoms with Crippen LogP contribution in [0.15, 0.2) is 36.4 Å². The summed E-state index contributed by atoms with van der Waals surface area (Å²) in [5.41, 5.74) is 5.60. The van der Waals surface area contributed by atoms with Crippen molar-refractivity contribution in [2.75, 3.05) is 0 Å². The molecule has 0 saturated carbocycles. The summed E-state index contributed by atoms with van der Waals surface area (Å²) in [7, 11) is 0. The Morgan fingerprint density at radius 1 is 1.05 bits per heavy atom. The van der Waals surface area contributed by atoms with E-state index >= 15 is 0 Å². The Balaban J connectivity index is 1.82. The molecule has 2 aromatic carbocycles. The molecule has 1 aliphatic rings. The SMILES string of the molecule is Cc1cc(C)cc(COc2cccc3c2CCCC3=O)c1. The van der Waals surface area contributed by atoms with Gasteiger partial charge in [0.1, 0.15) is 12.4 Å². The fourth-order valence-electron chi connectivity index (χ4n) is 3.09. The van der Waals surface area contributed by atoms with Crippen LogP contribution in [-0.2, 0) is 13.0 Å². The minimum atomic E-state index is 0.244. The molecule has 0 aliphatic heterocycles. The Morgan fingerprint density at radius 3 is 2.57 bits per heavy atom. The van der Waals surface area contributed by atoms with Crippen molar-refractivity contribution in [3.8, 4) is 5.75 Å². The molecule has 108 valence electrons. The second kappa shape index (κ2) is 5.72. The van der Waals surface area contributed by atoms with E-state index in [1.165, 1.54) is 16.7 Å². The lowest BCUT2D eigenvalue weighted by molar-refractivity contribution is 0.0971. The number of fused-ring (bicyclic) bond motifs is 1. The number of carbonyl (C=O) groups is 1. The number of hydrogen-bond acceptors (Lipinski definition) is 2. The van der Waals surface area contributed by atoms with Gasteiger partial charge in [-0.05, 0) is 38.3 Å². The maximum Gasteiger partial charge on any atom is 0.163 e. The summed E-state index contributed by atoms with van der Waals surface area (Å²) in [6.07, 6.45) is 2.52. The first kappa shape index (κ1) is 13.9. The monoisotopic (exact) mass is 280 g/mol. The van der Waals surface area contributed by atoms with Crippen molar-refractivity contribution in [2.45, 2.75) is 39.7 Å². The summed E-state index contributed by atoms with van der Waals surface area (Å²) in [5, 5.41) is 0. The van der Waals surface area contributed by atoms with Crippen LogP contribution in [0.2, 0.25) is 0 Å². The zero-order valence-corrected chi connectivity index (χ0v) is 12.6. The average Bonchev–Trinajstić information content (AvgIpc) is 2.45. The predicted molar refractivity (Wildman–Crippen MR) is 84.0 cm³/mol. The fraction of sp³-hybridized carbons (Fsp3) is 0.316. The minimum Gasteiger partial charge on any atom is -0.489 e. The number of carbonyl (C=O) groups excluding carboxylic acids is 1. The van der Waals surface area contributed by atoms with Crippen molar-refractivity contribution in [1.29, 1.82) is 0 Å². The minimum absolute atomic E-state index is 0.244. The van der Waals surface area contributed by atoms with Crippen LogP contribution in [0.1, 0.15) is 45.5 Å². The molecule has 0 aromatic heterocycles. The summed E-state index contributed by atoms with van der Waals surface area (Å²) < 4.78 is 6.00. The van der Waals surface area contributed by atoms with Gasteiger partial charge in [-0.1, -0.05) is 41.5 Å². The van der Waals surface area contributed by atoms with Crippen molar-refractivity contribution < 1.29 is 9.53 Å². The highest BCUT2D eigenvalue weighted by Gasteiger charge is 2.20. The van der Waals surface area contributed by atoms with E-state index in [1.807, 2.05) is 18.2 Å². The molecule has 0 N–H and O–H groups in total. The first-order valence-electron chi connectivity index (χ1n) is 7.48. The number of Topliss-reactive ketones (excluding diaryl/α,β-unsaturated/α-hetero) is 1. The maximum atomic E-state index is 11.9. The molecule has 2 heteroatoms. The molecule has 1 aliphatic carbocycles. The van der Waals surface area contributed by atoms with Gasteiger partial charge >= 0.3 is 0 Å². The molecule has 2 aromatic rings. The normalized spacial score (nSPS) is 13.9.